The standard InChI is InChI=1S/C7H11N3/c1-2-9-7-4-3-6(8)5-10-7/h3-5H,2,8H2,1H3,(H,9,10). The van der Waals surface area contributed by atoms with Gasteiger partial charge < -0.3 is 11.1 Å². The summed E-state index contributed by atoms with van der Waals surface area (Å²) >= 11 is 0. The highest BCUT2D eigenvalue weighted by Gasteiger charge is 1.87. The second kappa shape index (κ2) is 3.06. The molecule has 3 N–H and O–H groups in total. The Balaban J connectivity index is 2.69. The number of aromatic nitrogens is 1. The van der Waals surface area contributed by atoms with Crippen molar-refractivity contribution in [2.75, 3.05) is 17.6 Å². The van der Waals surface area contributed by atoms with Crippen LogP contribution in [0.25, 0.3) is 0 Å². The molecule has 0 radical (unpaired) electrons. The summed E-state index contributed by atoms with van der Waals surface area (Å²) in [6.45, 7) is 2.91. The molecule has 10 heavy (non-hydrogen) atoms. The van der Waals surface area contributed by atoms with Gasteiger partial charge in [-0.25, -0.2) is 4.98 Å². The van der Waals surface area contributed by atoms with Crippen molar-refractivity contribution in [2.45, 2.75) is 6.92 Å². The Bertz CT molecular complexity index is 193. The summed E-state index contributed by atoms with van der Waals surface area (Å²) in [4.78, 5) is 4.03. The number of anilines is 2. The van der Waals surface area contributed by atoms with E-state index in [1.807, 2.05) is 19.1 Å². The van der Waals surface area contributed by atoms with Gasteiger partial charge in [-0.2, -0.15) is 0 Å². The normalized spacial score (nSPS) is 9.30. The minimum atomic E-state index is 0.696. The van der Waals surface area contributed by atoms with E-state index < -0.39 is 0 Å². The van der Waals surface area contributed by atoms with Crippen molar-refractivity contribution in [1.82, 2.24) is 4.98 Å². The van der Waals surface area contributed by atoms with Gasteiger partial charge in [-0.3, -0.25) is 0 Å². The van der Waals surface area contributed by atoms with Gasteiger partial charge in [-0.15, -0.1) is 0 Å². The van der Waals surface area contributed by atoms with Crippen LogP contribution in [0.2, 0.25) is 0 Å². The van der Waals surface area contributed by atoms with Crippen LogP contribution in [-0.2, 0) is 0 Å². The fraction of sp³-hybridized carbons (Fsp3) is 0.286. The Kier molecular flexibility index (Phi) is 2.10. The van der Waals surface area contributed by atoms with Crippen molar-refractivity contribution in [2.24, 2.45) is 0 Å². The predicted octanol–water partition coefficient (Wildman–Crippen LogP) is 1.10. The summed E-state index contributed by atoms with van der Waals surface area (Å²) in [6, 6.07) is 3.68. The zero-order valence-corrected chi connectivity index (χ0v) is 5.96. The highest BCUT2D eigenvalue weighted by Crippen LogP contribution is 2.04. The summed E-state index contributed by atoms with van der Waals surface area (Å²) in [5.74, 6) is 0.872. The smallest absolute Gasteiger partial charge is 0.126 e. The number of nitrogens with two attached hydrogens (primary N) is 1. The Hall–Kier alpha value is -1.25. The minimum absolute atomic E-state index is 0.696. The molecule has 0 atom stereocenters. The quantitative estimate of drug-likeness (QED) is 0.641. The molecule has 0 aliphatic rings. The molecule has 0 spiro atoms. The largest absolute Gasteiger partial charge is 0.397 e. The van der Waals surface area contributed by atoms with E-state index in [-0.39, 0.29) is 0 Å². The predicted molar refractivity (Wildman–Crippen MR) is 42.8 cm³/mol. The van der Waals surface area contributed by atoms with Gasteiger partial charge in [-0.1, -0.05) is 0 Å². The fourth-order valence-electron chi connectivity index (χ4n) is 0.691. The van der Waals surface area contributed by atoms with E-state index in [1.165, 1.54) is 0 Å². The van der Waals surface area contributed by atoms with Crippen molar-refractivity contribution in [3.8, 4) is 0 Å². The first kappa shape index (κ1) is 6.86. The number of rotatable bonds is 2. The lowest BCUT2D eigenvalue weighted by molar-refractivity contribution is 1.16. The molecule has 0 bridgehead atoms. The molecule has 0 fully saturated rings. The molecule has 3 nitrogen and oxygen atoms in total. The van der Waals surface area contributed by atoms with Crippen molar-refractivity contribution < 1.29 is 0 Å². The molecule has 0 saturated heterocycles. The van der Waals surface area contributed by atoms with Crippen LogP contribution in [0.1, 0.15) is 6.92 Å². The number of nitrogen functional groups attached to an aromatic ring is 1. The number of pyridine rings is 1. The van der Waals surface area contributed by atoms with E-state index in [0.717, 1.165) is 12.4 Å². The third-order valence-corrected chi connectivity index (χ3v) is 1.14. The minimum Gasteiger partial charge on any atom is -0.397 e. The van der Waals surface area contributed by atoms with Crippen LogP contribution in [0.4, 0.5) is 11.5 Å². The van der Waals surface area contributed by atoms with Gasteiger partial charge in [0, 0.05) is 6.54 Å². The SMILES string of the molecule is CCNc1ccc(N)cn1. The number of hydrogen-bond donors (Lipinski definition) is 2. The van der Waals surface area contributed by atoms with Crippen LogP contribution >= 0.6 is 0 Å². The second-order valence-electron chi connectivity index (χ2n) is 2.01. The van der Waals surface area contributed by atoms with Gasteiger partial charge in [0.05, 0.1) is 11.9 Å². The Morgan fingerprint density at radius 1 is 1.60 bits per heavy atom. The van der Waals surface area contributed by atoms with Crippen LogP contribution < -0.4 is 11.1 Å². The summed E-state index contributed by atoms with van der Waals surface area (Å²) in [6.07, 6.45) is 1.64. The van der Waals surface area contributed by atoms with E-state index in [4.69, 9.17) is 5.73 Å². The van der Waals surface area contributed by atoms with E-state index in [2.05, 4.69) is 10.3 Å². The third-order valence-electron chi connectivity index (χ3n) is 1.14. The summed E-state index contributed by atoms with van der Waals surface area (Å²) in [5, 5.41) is 3.07. The highest BCUT2D eigenvalue weighted by atomic mass is 15.0. The molecule has 1 heterocycles. The number of nitrogens with one attached hydrogen (secondary N) is 1. The van der Waals surface area contributed by atoms with Crippen molar-refractivity contribution in [3.05, 3.63) is 18.3 Å². The molecule has 0 amide bonds. The average molecular weight is 137 g/mol. The van der Waals surface area contributed by atoms with Crippen LogP contribution in [0, 0.1) is 0 Å². The van der Waals surface area contributed by atoms with Gasteiger partial charge in [0.15, 0.2) is 0 Å². The lowest BCUT2D eigenvalue weighted by atomic mass is 10.4. The van der Waals surface area contributed by atoms with Crippen molar-refractivity contribution >= 4 is 11.5 Å². The first-order chi connectivity index (χ1) is 4.83. The Morgan fingerprint density at radius 2 is 2.40 bits per heavy atom. The van der Waals surface area contributed by atoms with E-state index in [9.17, 15) is 0 Å². The van der Waals surface area contributed by atoms with Crippen LogP contribution in [-0.4, -0.2) is 11.5 Å². The molecule has 0 aromatic carbocycles. The maximum Gasteiger partial charge on any atom is 0.126 e. The topological polar surface area (TPSA) is 50.9 Å². The Morgan fingerprint density at radius 3 is 2.90 bits per heavy atom. The summed E-state index contributed by atoms with van der Waals surface area (Å²) < 4.78 is 0. The van der Waals surface area contributed by atoms with Crippen LogP contribution in [0.3, 0.4) is 0 Å². The Labute approximate surface area is 60.3 Å². The van der Waals surface area contributed by atoms with Crippen molar-refractivity contribution in [3.63, 3.8) is 0 Å². The third kappa shape index (κ3) is 1.62. The molecule has 1 rings (SSSR count). The summed E-state index contributed by atoms with van der Waals surface area (Å²) in [5.41, 5.74) is 6.13. The monoisotopic (exact) mass is 137 g/mol. The highest BCUT2D eigenvalue weighted by molar-refractivity contribution is 5.43. The molecule has 54 valence electrons. The maximum absolute atomic E-state index is 5.43. The first-order valence-corrected chi connectivity index (χ1v) is 3.28. The van der Waals surface area contributed by atoms with Gasteiger partial charge in [-0.05, 0) is 19.1 Å². The molecule has 0 unspecified atom stereocenters. The molecule has 3 heteroatoms. The molecule has 0 saturated carbocycles. The molecular weight excluding hydrogens is 126 g/mol. The van der Waals surface area contributed by atoms with Gasteiger partial charge >= 0.3 is 0 Å². The lowest BCUT2D eigenvalue weighted by Gasteiger charge is -2.00. The zero-order chi connectivity index (χ0) is 7.40. The second-order valence-corrected chi connectivity index (χ2v) is 2.01. The van der Waals surface area contributed by atoms with Gasteiger partial charge in [0.1, 0.15) is 5.82 Å². The molecule has 1 aromatic rings. The van der Waals surface area contributed by atoms with Crippen molar-refractivity contribution in [1.29, 1.82) is 0 Å². The van der Waals surface area contributed by atoms with E-state index >= 15 is 0 Å². The summed E-state index contributed by atoms with van der Waals surface area (Å²) in [7, 11) is 0. The van der Waals surface area contributed by atoms with Crippen LogP contribution in [0.15, 0.2) is 18.3 Å². The molecule has 0 aliphatic carbocycles. The molecular formula is C7H11N3. The van der Waals surface area contributed by atoms with Crippen LogP contribution in [0.5, 0.6) is 0 Å². The molecule has 0 aliphatic heterocycles. The van der Waals surface area contributed by atoms with Gasteiger partial charge in [0.2, 0.25) is 0 Å². The van der Waals surface area contributed by atoms with E-state index in [0.29, 0.717) is 5.69 Å². The first-order valence-electron chi connectivity index (χ1n) is 3.28. The molecule has 1 aromatic heterocycles. The zero-order valence-electron chi connectivity index (χ0n) is 5.96. The van der Waals surface area contributed by atoms with Gasteiger partial charge in [0.25, 0.3) is 0 Å². The number of hydrogen-bond acceptors (Lipinski definition) is 3. The number of nitrogens with zero attached hydrogens (tertiary/aromatic N) is 1. The average Bonchev–Trinajstić information content (AvgIpc) is 1.95. The maximum atomic E-state index is 5.43. The van der Waals surface area contributed by atoms with E-state index in [1.54, 1.807) is 6.20 Å². The lowest BCUT2D eigenvalue weighted by Crippen LogP contribution is -1.98. The fourth-order valence-corrected chi connectivity index (χ4v) is 0.691.